The summed E-state index contributed by atoms with van der Waals surface area (Å²) in [4.78, 5) is 28.6. The number of aliphatic hydroxyl groups is 1. The summed E-state index contributed by atoms with van der Waals surface area (Å²) in [5, 5.41) is 29.3. The molecule has 9 nitrogen and oxygen atoms in total. The van der Waals surface area contributed by atoms with Gasteiger partial charge in [-0.25, -0.2) is 4.79 Å². The Balaban J connectivity index is 1.50. The maximum atomic E-state index is 13.6. The van der Waals surface area contributed by atoms with Crippen LogP contribution in [0.4, 0.5) is 10.5 Å². The van der Waals surface area contributed by atoms with E-state index in [1.54, 1.807) is 18.3 Å². The number of carbonyl (C=O) groups is 2. The van der Waals surface area contributed by atoms with Crippen LogP contribution in [0.15, 0.2) is 42.6 Å². The highest BCUT2D eigenvalue weighted by Gasteiger charge is 2.41. The van der Waals surface area contributed by atoms with Crippen LogP contribution in [0.5, 0.6) is 0 Å². The van der Waals surface area contributed by atoms with E-state index in [0.717, 1.165) is 22.2 Å². The van der Waals surface area contributed by atoms with E-state index in [1.165, 1.54) is 4.90 Å². The summed E-state index contributed by atoms with van der Waals surface area (Å²) >= 11 is 12.6. The van der Waals surface area contributed by atoms with Crippen molar-refractivity contribution in [1.29, 1.82) is 0 Å². The van der Waals surface area contributed by atoms with Gasteiger partial charge in [0.1, 0.15) is 6.04 Å². The molecule has 2 saturated heterocycles. The van der Waals surface area contributed by atoms with Gasteiger partial charge in [0.2, 0.25) is 0 Å². The number of hydrogen-bond donors (Lipinski definition) is 3. The number of piperazine rings is 1. The predicted octanol–water partition coefficient (Wildman–Crippen LogP) is 3.80. The largest absolute Gasteiger partial charge is 0.465 e. The van der Waals surface area contributed by atoms with Crippen molar-refractivity contribution in [1.82, 2.24) is 20.0 Å². The minimum atomic E-state index is -1.07. The maximum absolute atomic E-state index is 13.6. The van der Waals surface area contributed by atoms with E-state index < -0.39 is 18.2 Å². The van der Waals surface area contributed by atoms with Crippen LogP contribution < -0.4 is 10.2 Å². The number of aromatic nitrogens is 2. The Hall–Kier alpha value is -2.85. The van der Waals surface area contributed by atoms with Crippen LogP contribution in [0.25, 0.3) is 10.9 Å². The van der Waals surface area contributed by atoms with Gasteiger partial charge in [-0.05, 0) is 55.7 Å². The van der Waals surface area contributed by atoms with Gasteiger partial charge in [-0.15, -0.1) is 0 Å². The summed E-state index contributed by atoms with van der Waals surface area (Å²) in [7, 11) is 0. The van der Waals surface area contributed by atoms with E-state index in [2.05, 4.69) is 10.4 Å². The van der Waals surface area contributed by atoms with E-state index in [-0.39, 0.29) is 24.5 Å². The van der Waals surface area contributed by atoms with Crippen molar-refractivity contribution in [3.05, 3.63) is 58.2 Å². The highest BCUT2D eigenvalue weighted by Crippen LogP contribution is 2.33. The second kappa shape index (κ2) is 10.5. The van der Waals surface area contributed by atoms with Gasteiger partial charge in [-0.1, -0.05) is 29.3 Å². The quantitative estimate of drug-likeness (QED) is 0.432. The zero-order chi connectivity index (χ0) is 26.3. The van der Waals surface area contributed by atoms with Gasteiger partial charge in [0.15, 0.2) is 5.78 Å². The number of Topliss-reactive ketones (excluding diaryl/α,β-unsaturated/α-hetero) is 1. The zero-order valence-electron chi connectivity index (χ0n) is 20.3. The molecular formula is C26H29Cl2N5O4. The van der Waals surface area contributed by atoms with Crippen LogP contribution in [-0.4, -0.2) is 81.1 Å². The third kappa shape index (κ3) is 4.88. The molecule has 37 heavy (non-hydrogen) atoms. The summed E-state index contributed by atoms with van der Waals surface area (Å²) in [6.07, 6.45) is 1.90. The molecule has 3 N–H and O–H groups in total. The van der Waals surface area contributed by atoms with Gasteiger partial charge in [0.05, 0.1) is 30.4 Å². The summed E-state index contributed by atoms with van der Waals surface area (Å²) in [6.45, 7) is 3.02. The lowest BCUT2D eigenvalue weighted by Crippen LogP contribution is -2.63. The van der Waals surface area contributed by atoms with E-state index in [9.17, 15) is 19.8 Å². The van der Waals surface area contributed by atoms with Crippen LogP contribution in [0.3, 0.4) is 0 Å². The lowest BCUT2D eigenvalue weighted by Gasteiger charge is -2.42. The van der Waals surface area contributed by atoms with Gasteiger partial charge in [-0.2, -0.15) is 5.10 Å². The maximum Gasteiger partial charge on any atom is 0.407 e. The Bertz CT molecular complexity index is 1330. The van der Waals surface area contributed by atoms with Gasteiger partial charge in [-0.3, -0.25) is 14.4 Å². The molecule has 0 aliphatic carbocycles. The minimum Gasteiger partial charge on any atom is -0.465 e. The molecule has 2 aliphatic heterocycles. The molecular weight excluding hydrogens is 517 g/mol. The monoisotopic (exact) mass is 545 g/mol. The van der Waals surface area contributed by atoms with E-state index >= 15 is 0 Å². The number of nitrogens with one attached hydrogen (secondary N) is 1. The average Bonchev–Trinajstić information content (AvgIpc) is 3.55. The lowest BCUT2D eigenvalue weighted by molar-refractivity contribution is -0.124. The number of anilines is 1. The first-order valence-electron chi connectivity index (χ1n) is 12.3. The SMILES string of the molecule is C[C@H](c1ccc(Cl)cc1Cl)n1ncc2ccc(N3CC(CO)NCC3C(=O)C3CCCN3C(=O)O)cc21. The summed E-state index contributed by atoms with van der Waals surface area (Å²) in [5.41, 5.74) is 2.56. The fraction of sp³-hybridized carbons (Fsp3) is 0.423. The van der Waals surface area contributed by atoms with Crippen molar-refractivity contribution >= 4 is 51.7 Å². The molecule has 11 heteroatoms. The summed E-state index contributed by atoms with van der Waals surface area (Å²) in [5.74, 6) is -0.126. The normalized spacial score (nSPS) is 23.0. The summed E-state index contributed by atoms with van der Waals surface area (Å²) in [6, 6.07) is 9.67. The fourth-order valence-corrected chi connectivity index (χ4v) is 6.05. The number of amides is 1. The lowest BCUT2D eigenvalue weighted by atomic mass is 9.97. The standard InChI is InChI=1S/C26H29Cl2N5O4/c1-15(20-7-5-17(27)9-21(20)28)33-23-10-19(6-4-16(23)11-30-33)32-13-18(14-34)29-12-24(32)25(35)22-3-2-8-31(22)26(36)37/h4-7,9-11,15,18,22,24,29,34H,2-3,8,12-14H2,1H3,(H,36,37)/t15-,18?,22?,24?/m1/s1. The van der Waals surface area contributed by atoms with E-state index in [4.69, 9.17) is 23.2 Å². The minimum absolute atomic E-state index is 0.0750. The number of rotatable bonds is 6. The summed E-state index contributed by atoms with van der Waals surface area (Å²) < 4.78 is 1.89. The van der Waals surface area contributed by atoms with Crippen molar-refractivity contribution in [2.24, 2.45) is 0 Å². The number of aliphatic hydroxyl groups excluding tert-OH is 1. The Kier molecular flexibility index (Phi) is 7.31. The second-order valence-electron chi connectivity index (χ2n) is 9.67. The molecule has 196 valence electrons. The molecule has 5 rings (SSSR count). The molecule has 0 spiro atoms. The number of carbonyl (C=O) groups excluding carboxylic acids is 1. The third-order valence-electron chi connectivity index (χ3n) is 7.46. The molecule has 2 aliphatic rings. The number of nitrogens with zero attached hydrogens (tertiary/aromatic N) is 4. The fourth-order valence-electron chi connectivity index (χ4n) is 5.48. The Morgan fingerprint density at radius 2 is 2.00 bits per heavy atom. The molecule has 3 aromatic rings. The highest BCUT2D eigenvalue weighted by molar-refractivity contribution is 6.35. The number of halogens is 2. The first-order valence-corrected chi connectivity index (χ1v) is 13.1. The van der Waals surface area contributed by atoms with Crippen LogP contribution in [0.1, 0.15) is 31.4 Å². The molecule has 2 fully saturated rings. The molecule has 3 unspecified atom stereocenters. The smallest absolute Gasteiger partial charge is 0.407 e. The number of ketones is 1. The molecule has 0 radical (unpaired) electrons. The van der Waals surface area contributed by atoms with Gasteiger partial charge in [0, 0.05) is 46.8 Å². The highest BCUT2D eigenvalue weighted by atomic mass is 35.5. The van der Waals surface area contributed by atoms with Gasteiger partial charge < -0.3 is 20.4 Å². The van der Waals surface area contributed by atoms with Crippen molar-refractivity contribution in [3.8, 4) is 0 Å². The zero-order valence-corrected chi connectivity index (χ0v) is 21.9. The van der Waals surface area contributed by atoms with E-state index in [1.807, 2.05) is 40.8 Å². The predicted molar refractivity (Wildman–Crippen MR) is 143 cm³/mol. The molecule has 3 heterocycles. The molecule has 1 aromatic heterocycles. The Labute approximate surface area is 224 Å². The van der Waals surface area contributed by atoms with Crippen LogP contribution in [0, 0.1) is 0 Å². The van der Waals surface area contributed by atoms with Crippen molar-refractivity contribution < 1.29 is 19.8 Å². The van der Waals surface area contributed by atoms with Crippen molar-refractivity contribution in [2.75, 3.05) is 31.1 Å². The van der Waals surface area contributed by atoms with E-state index in [0.29, 0.717) is 42.5 Å². The Morgan fingerprint density at radius 3 is 2.73 bits per heavy atom. The molecule has 0 bridgehead atoms. The second-order valence-corrected chi connectivity index (χ2v) is 10.5. The topological polar surface area (TPSA) is 111 Å². The van der Waals surface area contributed by atoms with Gasteiger partial charge >= 0.3 is 6.09 Å². The van der Waals surface area contributed by atoms with Gasteiger partial charge in [0.25, 0.3) is 0 Å². The number of fused-ring (bicyclic) bond motifs is 1. The average molecular weight is 546 g/mol. The number of benzene rings is 2. The first-order chi connectivity index (χ1) is 17.8. The van der Waals surface area contributed by atoms with Crippen molar-refractivity contribution in [3.63, 3.8) is 0 Å². The molecule has 4 atom stereocenters. The van der Waals surface area contributed by atoms with Crippen molar-refractivity contribution in [2.45, 2.75) is 43.9 Å². The number of likely N-dealkylation sites (tertiary alicyclic amines) is 1. The molecule has 0 saturated carbocycles. The number of hydrogen-bond acceptors (Lipinski definition) is 6. The Morgan fingerprint density at radius 1 is 1.19 bits per heavy atom. The third-order valence-corrected chi connectivity index (χ3v) is 8.02. The molecule has 1 amide bonds. The molecule has 2 aromatic carbocycles. The van der Waals surface area contributed by atoms with Crippen LogP contribution in [0.2, 0.25) is 10.0 Å². The number of carboxylic acid groups (broad SMARTS) is 1. The first kappa shape index (κ1) is 25.8. The van der Waals surface area contributed by atoms with Crippen LogP contribution >= 0.6 is 23.2 Å². The van der Waals surface area contributed by atoms with Crippen LogP contribution in [-0.2, 0) is 4.79 Å².